The monoisotopic (exact) mass is 338 g/mol. The van der Waals surface area contributed by atoms with E-state index < -0.39 is 0 Å². The topological polar surface area (TPSA) is 51.1 Å². The van der Waals surface area contributed by atoms with Gasteiger partial charge in [0.15, 0.2) is 0 Å². The fraction of sp³-hybridized carbons (Fsp3) is 0.524. The Kier molecular flexibility index (Phi) is 4.36. The van der Waals surface area contributed by atoms with E-state index in [-0.39, 0.29) is 23.4 Å². The van der Waals surface area contributed by atoms with Gasteiger partial charge >= 0.3 is 0 Å². The van der Waals surface area contributed by atoms with Crippen LogP contribution in [0, 0.1) is 0 Å². The Labute approximate surface area is 148 Å². The predicted molar refractivity (Wildman–Crippen MR) is 100 cm³/mol. The molecule has 1 N–H and O–H groups in total. The summed E-state index contributed by atoms with van der Waals surface area (Å²) in [6.07, 6.45) is 10.9. The summed E-state index contributed by atoms with van der Waals surface area (Å²) >= 11 is 0. The minimum Gasteiger partial charge on any atom is -0.349 e. The van der Waals surface area contributed by atoms with Gasteiger partial charge in [0.25, 0.3) is 5.91 Å². The van der Waals surface area contributed by atoms with Crippen molar-refractivity contribution < 1.29 is 4.79 Å². The van der Waals surface area contributed by atoms with Gasteiger partial charge in [-0.25, -0.2) is 0 Å². The molecule has 4 nitrogen and oxygen atoms in total. The van der Waals surface area contributed by atoms with Crippen molar-refractivity contribution in [3.05, 3.63) is 45.7 Å². The summed E-state index contributed by atoms with van der Waals surface area (Å²) in [6, 6.07) is 6.34. The van der Waals surface area contributed by atoms with Gasteiger partial charge in [-0.1, -0.05) is 44.2 Å². The molecule has 4 heteroatoms. The molecule has 1 aliphatic carbocycles. The van der Waals surface area contributed by atoms with Gasteiger partial charge in [-0.05, 0) is 37.8 Å². The maximum absolute atomic E-state index is 12.9. The van der Waals surface area contributed by atoms with E-state index in [9.17, 15) is 9.59 Å². The molecule has 0 unspecified atom stereocenters. The SMILES string of the molecule is C[C@H]1Cc2cccc3c(=O)c(C(=O)NC4CCCCCCC4)cn1c23. The molecule has 1 saturated carbocycles. The molecule has 1 fully saturated rings. The van der Waals surface area contributed by atoms with Gasteiger partial charge < -0.3 is 9.88 Å². The molecule has 25 heavy (non-hydrogen) atoms. The zero-order valence-electron chi connectivity index (χ0n) is 14.9. The number of nitrogens with one attached hydrogen (secondary N) is 1. The lowest BCUT2D eigenvalue weighted by Crippen LogP contribution is -2.38. The molecule has 2 aliphatic rings. The third kappa shape index (κ3) is 2.99. The summed E-state index contributed by atoms with van der Waals surface area (Å²) in [5.74, 6) is -0.203. The number of hydrogen-bond acceptors (Lipinski definition) is 2. The van der Waals surface area contributed by atoms with E-state index in [4.69, 9.17) is 0 Å². The maximum Gasteiger partial charge on any atom is 0.256 e. The molecule has 1 aromatic heterocycles. The largest absolute Gasteiger partial charge is 0.349 e. The summed E-state index contributed by atoms with van der Waals surface area (Å²) in [5, 5.41) is 3.81. The first-order valence-electron chi connectivity index (χ1n) is 9.63. The molecule has 2 heterocycles. The Morgan fingerprint density at radius 3 is 2.60 bits per heavy atom. The summed E-state index contributed by atoms with van der Waals surface area (Å²) < 4.78 is 2.11. The standard InChI is InChI=1S/C21H26N2O2/c1-14-12-15-8-7-11-17-19(15)23(14)13-18(20(17)24)21(25)22-16-9-5-3-2-4-6-10-16/h7-8,11,13-14,16H,2-6,9-10,12H2,1H3,(H,22,25)/t14-/m0/s1. The van der Waals surface area contributed by atoms with Crippen LogP contribution in [0.3, 0.4) is 0 Å². The van der Waals surface area contributed by atoms with Crippen molar-refractivity contribution >= 4 is 16.8 Å². The average Bonchev–Trinajstić information content (AvgIpc) is 2.89. The van der Waals surface area contributed by atoms with Crippen LogP contribution in [-0.2, 0) is 6.42 Å². The Bertz CT molecular complexity index is 860. The lowest BCUT2D eigenvalue weighted by atomic mass is 9.96. The first-order valence-corrected chi connectivity index (χ1v) is 9.63. The lowest BCUT2D eigenvalue weighted by Gasteiger charge is -2.21. The van der Waals surface area contributed by atoms with Crippen molar-refractivity contribution in [2.24, 2.45) is 0 Å². The molecule has 0 spiro atoms. The Morgan fingerprint density at radius 2 is 1.84 bits per heavy atom. The molecular formula is C21H26N2O2. The predicted octanol–water partition coefficient (Wildman–Crippen LogP) is 3.96. The van der Waals surface area contributed by atoms with Crippen molar-refractivity contribution in [3.8, 4) is 0 Å². The number of carbonyl (C=O) groups excluding carboxylic acids is 1. The first-order chi connectivity index (χ1) is 12.1. The zero-order chi connectivity index (χ0) is 17.4. The third-order valence-corrected chi connectivity index (χ3v) is 5.81. The second-order valence-electron chi connectivity index (χ2n) is 7.66. The highest BCUT2D eigenvalue weighted by Crippen LogP contribution is 2.30. The van der Waals surface area contributed by atoms with Crippen LogP contribution in [0.4, 0.5) is 0 Å². The Hall–Kier alpha value is -2.10. The van der Waals surface area contributed by atoms with Crippen LogP contribution in [0.2, 0.25) is 0 Å². The quantitative estimate of drug-likeness (QED) is 0.901. The number of rotatable bonds is 2. The highest BCUT2D eigenvalue weighted by Gasteiger charge is 2.25. The molecule has 4 rings (SSSR count). The van der Waals surface area contributed by atoms with Crippen LogP contribution in [0.1, 0.15) is 73.8 Å². The maximum atomic E-state index is 12.9. The molecule has 0 radical (unpaired) electrons. The highest BCUT2D eigenvalue weighted by molar-refractivity contribution is 5.98. The second kappa shape index (κ2) is 6.66. The molecule has 1 atom stereocenters. The normalized spacial score (nSPS) is 21.1. The van der Waals surface area contributed by atoms with E-state index >= 15 is 0 Å². The van der Waals surface area contributed by atoms with Gasteiger partial charge in [0, 0.05) is 23.7 Å². The summed E-state index contributed by atoms with van der Waals surface area (Å²) in [4.78, 5) is 25.7. The van der Waals surface area contributed by atoms with E-state index in [2.05, 4.69) is 22.9 Å². The van der Waals surface area contributed by atoms with Gasteiger partial charge in [0.2, 0.25) is 5.43 Å². The Morgan fingerprint density at radius 1 is 1.12 bits per heavy atom. The van der Waals surface area contributed by atoms with Gasteiger partial charge in [-0.3, -0.25) is 9.59 Å². The fourth-order valence-electron chi connectivity index (χ4n) is 4.44. The van der Waals surface area contributed by atoms with Crippen LogP contribution in [-0.4, -0.2) is 16.5 Å². The Balaban J connectivity index is 1.67. The smallest absolute Gasteiger partial charge is 0.256 e. The van der Waals surface area contributed by atoms with E-state index in [1.54, 1.807) is 6.20 Å². The van der Waals surface area contributed by atoms with Gasteiger partial charge in [-0.15, -0.1) is 0 Å². The first kappa shape index (κ1) is 16.4. The van der Waals surface area contributed by atoms with Gasteiger partial charge in [0.1, 0.15) is 5.56 Å². The number of hydrogen-bond donors (Lipinski definition) is 1. The number of benzene rings is 1. The number of pyridine rings is 1. The average molecular weight is 338 g/mol. The summed E-state index contributed by atoms with van der Waals surface area (Å²) in [5.41, 5.74) is 2.36. The molecule has 0 bridgehead atoms. The van der Waals surface area contributed by atoms with Gasteiger partial charge in [0.05, 0.1) is 5.52 Å². The van der Waals surface area contributed by atoms with Crippen LogP contribution in [0.25, 0.3) is 10.9 Å². The molecule has 1 aromatic carbocycles. The van der Waals surface area contributed by atoms with Crippen LogP contribution in [0.5, 0.6) is 0 Å². The highest BCUT2D eigenvalue weighted by atomic mass is 16.2. The van der Waals surface area contributed by atoms with Crippen molar-refractivity contribution in [2.45, 2.75) is 70.4 Å². The number of aromatic nitrogens is 1. The third-order valence-electron chi connectivity index (χ3n) is 5.81. The second-order valence-corrected chi connectivity index (χ2v) is 7.66. The molecule has 2 aromatic rings. The minimum atomic E-state index is -0.203. The van der Waals surface area contributed by atoms with Crippen LogP contribution >= 0.6 is 0 Å². The van der Waals surface area contributed by atoms with Gasteiger partial charge in [-0.2, -0.15) is 0 Å². The van der Waals surface area contributed by atoms with E-state index in [0.29, 0.717) is 10.9 Å². The number of nitrogens with zero attached hydrogens (tertiary/aromatic N) is 1. The van der Waals surface area contributed by atoms with E-state index in [1.165, 1.54) is 24.8 Å². The van der Waals surface area contributed by atoms with Crippen molar-refractivity contribution in [1.82, 2.24) is 9.88 Å². The van der Waals surface area contributed by atoms with Crippen molar-refractivity contribution in [2.75, 3.05) is 0 Å². The minimum absolute atomic E-state index is 0.134. The molecule has 1 amide bonds. The summed E-state index contributed by atoms with van der Waals surface area (Å²) in [6.45, 7) is 2.14. The molecule has 132 valence electrons. The zero-order valence-corrected chi connectivity index (χ0v) is 14.9. The van der Waals surface area contributed by atoms with Crippen LogP contribution in [0.15, 0.2) is 29.2 Å². The fourth-order valence-corrected chi connectivity index (χ4v) is 4.44. The number of para-hydroxylation sites is 1. The lowest BCUT2D eigenvalue weighted by molar-refractivity contribution is 0.0928. The van der Waals surface area contributed by atoms with E-state index in [1.807, 2.05) is 12.1 Å². The molecule has 0 saturated heterocycles. The number of carbonyl (C=O) groups is 1. The molecular weight excluding hydrogens is 312 g/mol. The van der Waals surface area contributed by atoms with Crippen LogP contribution < -0.4 is 10.7 Å². The summed E-state index contributed by atoms with van der Waals surface area (Å²) in [7, 11) is 0. The van der Waals surface area contributed by atoms with E-state index in [0.717, 1.165) is 37.6 Å². The van der Waals surface area contributed by atoms with Crippen molar-refractivity contribution in [1.29, 1.82) is 0 Å². The van der Waals surface area contributed by atoms with Crippen molar-refractivity contribution in [3.63, 3.8) is 0 Å². The molecule has 1 aliphatic heterocycles. The number of amides is 1.